The third-order valence-electron chi connectivity index (χ3n) is 3.00. The van der Waals surface area contributed by atoms with Crippen molar-refractivity contribution in [3.63, 3.8) is 0 Å². The molecule has 1 aliphatic carbocycles. The largest absolute Gasteiger partial charge is 0.232 e. The number of nitrogens with zero attached hydrogens (tertiary/aromatic N) is 2. The van der Waals surface area contributed by atoms with Crippen LogP contribution in [0, 0.1) is 12.9 Å². The van der Waals surface area contributed by atoms with E-state index in [9.17, 15) is 4.39 Å². The molecule has 0 atom stereocenters. The van der Waals surface area contributed by atoms with Gasteiger partial charge >= 0.3 is 0 Å². The Balaban J connectivity index is 2.04. The van der Waals surface area contributed by atoms with Crippen LogP contribution in [0.4, 0.5) is 4.39 Å². The molecule has 0 saturated heterocycles. The number of aromatic nitrogens is 2. The summed E-state index contributed by atoms with van der Waals surface area (Å²) in [7, 11) is 0. The first-order valence-corrected chi connectivity index (χ1v) is 5.84. The van der Waals surface area contributed by atoms with Gasteiger partial charge in [-0.1, -0.05) is 29.8 Å². The maximum absolute atomic E-state index is 13.4. The molecule has 2 aromatic rings. The minimum Gasteiger partial charge on any atom is -0.232 e. The fourth-order valence-corrected chi connectivity index (χ4v) is 1.83. The van der Waals surface area contributed by atoms with Crippen molar-refractivity contribution in [2.24, 2.45) is 0 Å². The number of rotatable bonds is 2. The number of aryl methyl sites for hydroxylation is 1. The van der Waals surface area contributed by atoms with Crippen LogP contribution in [0.5, 0.6) is 0 Å². The van der Waals surface area contributed by atoms with Crippen LogP contribution in [-0.2, 0) is 0 Å². The van der Waals surface area contributed by atoms with Gasteiger partial charge in [0.1, 0.15) is 5.82 Å². The summed E-state index contributed by atoms with van der Waals surface area (Å²) in [4.78, 5) is 8.31. The zero-order chi connectivity index (χ0) is 11.8. The van der Waals surface area contributed by atoms with Gasteiger partial charge in [0.05, 0.1) is 5.69 Å². The normalized spacial score (nSPS) is 14.9. The summed E-state index contributed by atoms with van der Waals surface area (Å²) in [6.45, 7) is 2.03. The highest BCUT2D eigenvalue weighted by Crippen LogP contribution is 2.38. The van der Waals surface area contributed by atoms with Gasteiger partial charge in [-0.15, -0.1) is 0 Å². The molecule has 2 nitrogen and oxygen atoms in total. The molecular weight excluding hydrogens is 215 g/mol. The highest BCUT2D eigenvalue weighted by molar-refractivity contribution is 5.59. The lowest BCUT2D eigenvalue weighted by atomic mass is 10.1. The molecule has 1 heterocycles. The van der Waals surface area contributed by atoms with E-state index in [0.717, 1.165) is 18.4 Å². The summed E-state index contributed by atoms with van der Waals surface area (Å²) in [5.41, 5.74) is 2.81. The van der Waals surface area contributed by atoms with Crippen LogP contribution >= 0.6 is 0 Å². The van der Waals surface area contributed by atoms with Crippen LogP contribution in [0.2, 0.25) is 0 Å². The lowest BCUT2D eigenvalue weighted by Gasteiger charge is -2.04. The Bertz CT molecular complexity index is 545. The van der Waals surface area contributed by atoms with Crippen LogP contribution < -0.4 is 0 Å². The van der Waals surface area contributed by atoms with Crippen LogP contribution in [-0.4, -0.2) is 9.97 Å². The number of hydrogen-bond donors (Lipinski definition) is 0. The van der Waals surface area contributed by atoms with Crippen LogP contribution in [0.15, 0.2) is 30.3 Å². The summed E-state index contributed by atoms with van der Waals surface area (Å²) < 4.78 is 13.4. The van der Waals surface area contributed by atoms with Gasteiger partial charge in [-0.2, -0.15) is 4.39 Å². The van der Waals surface area contributed by atoms with Crippen molar-refractivity contribution in [1.82, 2.24) is 9.97 Å². The van der Waals surface area contributed by atoms with E-state index in [-0.39, 0.29) is 0 Å². The van der Waals surface area contributed by atoms with Crippen molar-refractivity contribution in [3.05, 3.63) is 47.7 Å². The molecule has 3 heteroatoms. The molecule has 1 aliphatic rings. The highest BCUT2D eigenvalue weighted by atomic mass is 19.1. The SMILES string of the molecule is Cc1ccc(-c2cc(F)nc(C3CC3)n2)cc1. The maximum atomic E-state index is 13.4. The van der Waals surface area contributed by atoms with E-state index < -0.39 is 5.95 Å². The smallest absolute Gasteiger partial charge is 0.216 e. The molecule has 0 unspecified atom stereocenters. The first kappa shape index (κ1) is 10.4. The van der Waals surface area contributed by atoms with Gasteiger partial charge < -0.3 is 0 Å². The Labute approximate surface area is 99.5 Å². The van der Waals surface area contributed by atoms with Gasteiger partial charge in [-0.3, -0.25) is 0 Å². The van der Waals surface area contributed by atoms with Crippen molar-refractivity contribution in [1.29, 1.82) is 0 Å². The molecule has 3 rings (SSSR count). The van der Waals surface area contributed by atoms with Crippen molar-refractivity contribution >= 4 is 0 Å². The zero-order valence-electron chi connectivity index (χ0n) is 9.65. The molecule has 17 heavy (non-hydrogen) atoms. The Morgan fingerprint density at radius 3 is 2.47 bits per heavy atom. The third-order valence-corrected chi connectivity index (χ3v) is 3.00. The Hall–Kier alpha value is -1.77. The van der Waals surface area contributed by atoms with E-state index in [1.807, 2.05) is 31.2 Å². The molecule has 1 aromatic heterocycles. The monoisotopic (exact) mass is 228 g/mol. The van der Waals surface area contributed by atoms with Crippen molar-refractivity contribution < 1.29 is 4.39 Å². The lowest BCUT2D eigenvalue weighted by Crippen LogP contribution is -1.98. The molecule has 1 saturated carbocycles. The van der Waals surface area contributed by atoms with E-state index in [4.69, 9.17) is 0 Å². The summed E-state index contributed by atoms with van der Waals surface area (Å²) >= 11 is 0. The summed E-state index contributed by atoms with van der Waals surface area (Å²) in [6, 6.07) is 9.34. The molecule has 0 amide bonds. The fraction of sp³-hybridized carbons (Fsp3) is 0.286. The Kier molecular flexibility index (Phi) is 2.39. The second-order valence-electron chi connectivity index (χ2n) is 4.57. The first-order chi connectivity index (χ1) is 8.22. The molecular formula is C14H13FN2. The van der Waals surface area contributed by atoms with Gasteiger partial charge in [0.25, 0.3) is 0 Å². The molecule has 0 N–H and O–H groups in total. The predicted octanol–water partition coefficient (Wildman–Crippen LogP) is 3.47. The zero-order valence-corrected chi connectivity index (χ0v) is 9.65. The van der Waals surface area contributed by atoms with E-state index >= 15 is 0 Å². The average molecular weight is 228 g/mol. The molecule has 0 bridgehead atoms. The van der Waals surface area contributed by atoms with Crippen molar-refractivity contribution in [2.75, 3.05) is 0 Å². The van der Waals surface area contributed by atoms with Crippen LogP contribution in [0.25, 0.3) is 11.3 Å². The average Bonchev–Trinajstić information content (AvgIpc) is 3.13. The Morgan fingerprint density at radius 1 is 1.12 bits per heavy atom. The third kappa shape index (κ3) is 2.18. The topological polar surface area (TPSA) is 25.8 Å². The van der Waals surface area contributed by atoms with Crippen molar-refractivity contribution in [3.8, 4) is 11.3 Å². The van der Waals surface area contributed by atoms with Crippen LogP contribution in [0.1, 0.15) is 30.1 Å². The van der Waals surface area contributed by atoms with E-state index in [0.29, 0.717) is 17.4 Å². The van der Waals surface area contributed by atoms with Gasteiger partial charge in [0, 0.05) is 17.5 Å². The number of benzene rings is 1. The van der Waals surface area contributed by atoms with Gasteiger partial charge in [0.2, 0.25) is 5.95 Å². The molecule has 0 radical (unpaired) electrons. The van der Waals surface area contributed by atoms with Gasteiger partial charge in [0.15, 0.2) is 0 Å². The summed E-state index contributed by atoms with van der Waals surface area (Å²) in [5, 5.41) is 0. The van der Waals surface area contributed by atoms with E-state index in [1.165, 1.54) is 11.6 Å². The van der Waals surface area contributed by atoms with Crippen molar-refractivity contribution in [2.45, 2.75) is 25.7 Å². The maximum Gasteiger partial charge on any atom is 0.216 e. The second-order valence-corrected chi connectivity index (χ2v) is 4.57. The summed E-state index contributed by atoms with van der Waals surface area (Å²) in [5.74, 6) is 0.591. The highest BCUT2D eigenvalue weighted by Gasteiger charge is 2.27. The van der Waals surface area contributed by atoms with Crippen LogP contribution in [0.3, 0.4) is 0 Å². The summed E-state index contributed by atoms with van der Waals surface area (Å²) in [6.07, 6.45) is 2.16. The Morgan fingerprint density at radius 2 is 1.82 bits per heavy atom. The minimum absolute atomic E-state index is 0.370. The number of halogens is 1. The minimum atomic E-state index is -0.433. The molecule has 86 valence electrons. The molecule has 1 fully saturated rings. The quantitative estimate of drug-likeness (QED) is 0.735. The standard InChI is InChI=1S/C14H13FN2/c1-9-2-4-10(5-3-9)12-8-13(15)17-14(16-12)11-6-7-11/h2-5,8,11H,6-7H2,1H3. The molecule has 0 spiro atoms. The second kappa shape index (κ2) is 3.91. The fourth-order valence-electron chi connectivity index (χ4n) is 1.83. The van der Waals surface area contributed by atoms with Gasteiger partial charge in [-0.25, -0.2) is 9.97 Å². The first-order valence-electron chi connectivity index (χ1n) is 5.84. The predicted molar refractivity (Wildman–Crippen MR) is 64.1 cm³/mol. The molecule has 1 aromatic carbocycles. The molecule has 0 aliphatic heterocycles. The van der Waals surface area contributed by atoms with E-state index in [2.05, 4.69) is 9.97 Å². The lowest BCUT2D eigenvalue weighted by molar-refractivity contribution is 0.571. The van der Waals surface area contributed by atoms with Gasteiger partial charge in [-0.05, 0) is 19.8 Å². The number of hydrogen-bond acceptors (Lipinski definition) is 2. The van der Waals surface area contributed by atoms with E-state index in [1.54, 1.807) is 0 Å².